The highest BCUT2D eigenvalue weighted by molar-refractivity contribution is 5.52. The lowest BCUT2D eigenvalue weighted by Gasteiger charge is -2.38. The second kappa shape index (κ2) is 10.4. The third kappa shape index (κ3) is 7.80. The first-order chi connectivity index (χ1) is 17.1. The summed E-state index contributed by atoms with van der Waals surface area (Å²) < 4.78 is 0. The van der Waals surface area contributed by atoms with Crippen LogP contribution in [0, 0.1) is 0 Å². The first kappa shape index (κ1) is 33.6. The third-order valence-corrected chi connectivity index (χ3v) is 8.27. The van der Waals surface area contributed by atoms with Gasteiger partial charge >= 0.3 is 0 Å². The molecule has 2 rings (SSSR count). The minimum absolute atomic E-state index is 0.0807. The molecular weight excluding hydrogens is 468 g/mol. The Morgan fingerprint density at radius 1 is 0.436 bits per heavy atom. The minimum atomic E-state index is 0.0807. The SMILES string of the molecule is CC(Cc1cc(C(C)(C)C)cc(C(C)(C)C)c1C(C)(C)C)c1cc(C(C)(C)C)c(C(C)(C)C)c(C(C)(C)C)c1. The maximum absolute atomic E-state index is 2.57. The summed E-state index contributed by atoms with van der Waals surface area (Å²) in [5.41, 5.74) is 12.6. The Hall–Kier alpha value is -1.56. The summed E-state index contributed by atoms with van der Waals surface area (Å²) in [7, 11) is 0. The molecule has 1 atom stereocenters. The van der Waals surface area contributed by atoms with Gasteiger partial charge < -0.3 is 0 Å². The van der Waals surface area contributed by atoms with Crippen molar-refractivity contribution in [3.05, 3.63) is 68.8 Å². The summed E-state index contributed by atoms with van der Waals surface area (Å²) in [5, 5.41) is 0. The lowest BCUT2D eigenvalue weighted by molar-refractivity contribution is 0.495. The molecule has 0 aliphatic rings. The number of rotatable bonds is 3. The molecule has 0 nitrogen and oxygen atoms in total. The molecule has 0 fully saturated rings. The molecule has 0 aromatic heterocycles. The van der Waals surface area contributed by atoms with Crippen LogP contribution in [-0.2, 0) is 38.9 Å². The molecule has 0 aliphatic heterocycles. The van der Waals surface area contributed by atoms with Gasteiger partial charge in [-0.15, -0.1) is 0 Å². The van der Waals surface area contributed by atoms with Crippen LogP contribution in [0.5, 0.6) is 0 Å². The highest BCUT2D eigenvalue weighted by Crippen LogP contribution is 2.44. The van der Waals surface area contributed by atoms with Crippen LogP contribution in [0.2, 0.25) is 0 Å². The van der Waals surface area contributed by atoms with Crippen molar-refractivity contribution >= 4 is 0 Å². The molecule has 39 heavy (non-hydrogen) atoms. The first-order valence-electron chi connectivity index (χ1n) is 15.4. The zero-order valence-electron chi connectivity index (χ0n) is 29.6. The van der Waals surface area contributed by atoms with Crippen LogP contribution in [0.1, 0.15) is 182 Å². The molecule has 2 aromatic carbocycles. The summed E-state index contributed by atoms with van der Waals surface area (Å²) in [5.74, 6) is 0.422. The van der Waals surface area contributed by atoms with Crippen molar-refractivity contribution in [2.24, 2.45) is 0 Å². The summed E-state index contributed by atoms with van der Waals surface area (Å²) in [6.07, 6.45) is 1.06. The van der Waals surface area contributed by atoms with E-state index in [1.54, 1.807) is 11.1 Å². The summed E-state index contributed by atoms with van der Waals surface area (Å²) >= 11 is 0. The van der Waals surface area contributed by atoms with Gasteiger partial charge in [0.2, 0.25) is 0 Å². The van der Waals surface area contributed by atoms with Crippen LogP contribution in [0.3, 0.4) is 0 Å². The molecule has 2 aromatic rings. The van der Waals surface area contributed by atoms with E-state index in [9.17, 15) is 0 Å². The lowest BCUT2D eigenvalue weighted by atomic mass is 9.67. The Balaban J connectivity index is 2.91. The van der Waals surface area contributed by atoms with Gasteiger partial charge in [-0.2, -0.15) is 0 Å². The minimum Gasteiger partial charge on any atom is -0.0581 e. The van der Waals surface area contributed by atoms with Gasteiger partial charge in [-0.3, -0.25) is 0 Å². The molecule has 0 heteroatoms. The van der Waals surface area contributed by atoms with E-state index < -0.39 is 0 Å². The standard InChI is InChI=1S/C39H64/c1-25(26-22-29(35(5,6)7)33(39(17,18)19)30(23-26)36(8,9)10)20-27-21-28(34(2,3)4)24-31(37(11,12)13)32(27)38(14,15)16/h21-25H,20H2,1-19H3. The molecule has 0 amide bonds. The van der Waals surface area contributed by atoms with Crippen molar-refractivity contribution in [2.45, 2.75) is 176 Å². The zero-order valence-corrected chi connectivity index (χ0v) is 29.6. The molecule has 220 valence electrons. The largest absolute Gasteiger partial charge is 0.0581 e. The van der Waals surface area contributed by atoms with E-state index in [1.165, 1.54) is 33.4 Å². The Morgan fingerprint density at radius 3 is 1.10 bits per heavy atom. The van der Waals surface area contributed by atoms with E-state index in [1.807, 2.05) is 0 Å². The molecule has 0 spiro atoms. The summed E-state index contributed by atoms with van der Waals surface area (Å²) in [4.78, 5) is 0. The van der Waals surface area contributed by atoms with E-state index >= 15 is 0 Å². The van der Waals surface area contributed by atoms with E-state index in [-0.39, 0.29) is 32.5 Å². The van der Waals surface area contributed by atoms with E-state index in [0.717, 1.165) is 6.42 Å². The van der Waals surface area contributed by atoms with Crippen molar-refractivity contribution in [1.29, 1.82) is 0 Å². The van der Waals surface area contributed by atoms with E-state index in [4.69, 9.17) is 0 Å². The summed E-state index contributed by atoms with van der Waals surface area (Å²) in [6, 6.07) is 10.2. The van der Waals surface area contributed by atoms with Gasteiger partial charge in [0.15, 0.2) is 0 Å². The Bertz CT molecular complexity index is 1120. The second-order valence-corrected chi connectivity index (χ2v) is 18.7. The van der Waals surface area contributed by atoms with Gasteiger partial charge in [0.25, 0.3) is 0 Å². The predicted octanol–water partition coefficient (Wildman–Crippen LogP) is 11.8. The second-order valence-electron chi connectivity index (χ2n) is 18.7. The van der Waals surface area contributed by atoms with Gasteiger partial charge in [0.1, 0.15) is 0 Å². The first-order valence-corrected chi connectivity index (χ1v) is 15.4. The highest BCUT2D eigenvalue weighted by Gasteiger charge is 2.34. The predicted molar refractivity (Wildman–Crippen MR) is 177 cm³/mol. The molecule has 0 heterocycles. The smallest absolute Gasteiger partial charge is 0.0126 e. The van der Waals surface area contributed by atoms with Crippen molar-refractivity contribution in [2.75, 3.05) is 0 Å². The number of benzene rings is 2. The quantitative estimate of drug-likeness (QED) is 0.369. The maximum Gasteiger partial charge on any atom is -0.0126 e. The Labute approximate surface area is 244 Å². The van der Waals surface area contributed by atoms with Crippen LogP contribution in [-0.4, -0.2) is 0 Å². The topological polar surface area (TPSA) is 0 Å². The van der Waals surface area contributed by atoms with Gasteiger partial charge in [0, 0.05) is 0 Å². The van der Waals surface area contributed by atoms with Gasteiger partial charge in [-0.1, -0.05) is 156 Å². The zero-order chi connectivity index (χ0) is 30.7. The molecule has 0 saturated heterocycles. The molecule has 0 radical (unpaired) electrons. The molecule has 0 N–H and O–H groups in total. The fourth-order valence-electron chi connectivity index (χ4n) is 6.16. The van der Waals surface area contributed by atoms with E-state index in [2.05, 4.69) is 156 Å². The number of hydrogen-bond donors (Lipinski definition) is 0. The van der Waals surface area contributed by atoms with Crippen molar-refractivity contribution in [3.8, 4) is 0 Å². The fourth-order valence-corrected chi connectivity index (χ4v) is 6.16. The van der Waals surface area contributed by atoms with Crippen LogP contribution in [0.15, 0.2) is 24.3 Å². The fraction of sp³-hybridized carbons (Fsp3) is 0.692. The van der Waals surface area contributed by atoms with Crippen molar-refractivity contribution in [3.63, 3.8) is 0 Å². The van der Waals surface area contributed by atoms with Gasteiger partial charge in [-0.05, 0) is 89.3 Å². The molecule has 0 saturated carbocycles. The molecule has 0 aliphatic carbocycles. The monoisotopic (exact) mass is 533 g/mol. The molecule has 0 bridgehead atoms. The van der Waals surface area contributed by atoms with Crippen LogP contribution < -0.4 is 0 Å². The van der Waals surface area contributed by atoms with Crippen molar-refractivity contribution < 1.29 is 0 Å². The average molecular weight is 533 g/mol. The Kier molecular flexibility index (Phi) is 8.94. The summed E-state index contributed by atoms with van der Waals surface area (Å²) in [6.45, 7) is 45.4. The molecular formula is C39H64. The normalized spacial score (nSPS) is 15.1. The maximum atomic E-state index is 2.57. The third-order valence-electron chi connectivity index (χ3n) is 8.27. The van der Waals surface area contributed by atoms with Crippen molar-refractivity contribution in [1.82, 2.24) is 0 Å². The molecule has 1 unspecified atom stereocenters. The van der Waals surface area contributed by atoms with Gasteiger partial charge in [-0.25, -0.2) is 0 Å². The van der Waals surface area contributed by atoms with Crippen LogP contribution in [0.25, 0.3) is 0 Å². The lowest BCUT2D eigenvalue weighted by Crippen LogP contribution is -2.29. The number of hydrogen-bond acceptors (Lipinski definition) is 0. The van der Waals surface area contributed by atoms with Crippen LogP contribution in [0.4, 0.5) is 0 Å². The van der Waals surface area contributed by atoms with E-state index in [0.29, 0.717) is 5.92 Å². The average Bonchev–Trinajstić information content (AvgIpc) is 2.68. The van der Waals surface area contributed by atoms with Gasteiger partial charge in [0.05, 0.1) is 0 Å². The van der Waals surface area contributed by atoms with Crippen LogP contribution >= 0.6 is 0 Å². The highest BCUT2D eigenvalue weighted by atomic mass is 14.4. The Morgan fingerprint density at radius 2 is 0.795 bits per heavy atom.